The van der Waals surface area contributed by atoms with Gasteiger partial charge in [0, 0.05) is 17.8 Å². The molecule has 4 nitrogen and oxygen atoms in total. The van der Waals surface area contributed by atoms with E-state index in [4.69, 9.17) is 0 Å². The Hall–Kier alpha value is -2.31. The van der Waals surface area contributed by atoms with E-state index in [9.17, 15) is 18.0 Å². The SMILES string of the molecule is O=C(Cn1nc(C(F)(F)F)c2c1CCC2)NCCc1ccccc1. The van der Waals surface area contributed by atoms with Gasteiger partial charge in [-0.1, -0.05) is 30.3 Å². The lowest BCUT2D eigenvalue weighted by atomic mass is 10.1. The minimum absolute atomic E-state index is 0.173. The van der Waals surface area contributed by atoms with Crippen LogP contribution in [-0.4, -0.2) is 22.2 Å². The van der Waals surface area contributed by atoms with E-state index in [2.05, 4.69) is 10.4 Å². The summed E-state index contributed by atoms with van der Waals surface area (Å²) in [5, 5.41) is 6.38. The lowest BCUT2D eigenvalue weighted by molar-refractivity contribution is -0.142. The summed E-state index contributed by atoms with van der Waals surface area (Å²) < 4.78 is 40.2. The molecule has 3 rings (SSSR count). The van der Waals surface area contributed by atoms with Gasteiger partial charge in [0.1, 0.15) is 6.54 Å². The van der Waals surface area contributed by atoms with E-state index in [0.717, 1.165) is 5.56 Å². The van der Waals surface area contributed by atoms with Crippen molar-refractivity contribution in [3.8, 4) is 0 Å². The van der Waals surface area contributed by atoms with Gasteiger partial charge in [-0.25, -0.2) is 0 Å². The molecule has 1 heterocycles. The summed E-state index contributed by atoms with van der Waals surface area (Å²) in [5.41, 5.74) is 1.05. The van der Waals surface area contributed by atoms with Gasteiger partial charge in [-0.15, -0.1) is 0 Å². The van der Waals surface area contributed by atoms with Crippen LogP contribution in [0.25, 0.3) is 0 Å². The molecule has 2 aromatic rings. The molecule has 0 radical (unpaired) electrons. The fourth-order valence-electron chi connectivity index (χ4n) is 3.05. The van der Waals surface area contributed by atoms with Crippen LogP contribution in [0, 0.1) is 0 Å². The number of carbonyl (C=O) groups excluding carboxylic acids is 1. The van der Waals surface area contributed by atoms with Crippen molar-refractivity contribution in [1.82, 2.24) is 15.1 Å². The minimum atomic E-state index is -4.47. The van der Waals surface area contributed by atoms with Crippen molar-refractivity contribution in [3.05, 3.63) is 52.8 Å². The lowest BCUT2D eigenvalue weighted by Crippen LogP contribution is -2.30. The smallest absolute Gasteiger partial charge is 0.354 e. The number of hydrogen-bond acceptors (Lipinski definition) is 2. The summed E-state index contributed by atoms with van der Waals surface area (Å²) in [4.78, 5) is 12.0. The molecule has 0 bridgehead atoms. The predicted molar refractivity (Wildman–Crippen MR) is 82.4 cm³/mol. The van der Waals surface area contributed by atoms with E-state index < -0.39 is 11.9 Å². The Bertz CT molecular complexity index is 723. The molecular weight excluding hydrogens is 319 g/mol. The highest BCUT2D eigenvalue weighted by Crippen LogP contribution is 2.36. The maximum Gasteiger partial charge on any atom is 0.435 e. The maximum absolute atomic E-state index is 13.0. The largest absolute Gasteiger partial charge is 0.435 e. The molecule has 0 fully saturated rings. The Balaban J connectivity index is 1.61. The number of rotatable bonds is 5. The molecule has 0 unspecified atom stereocenters. The maximum atomic E-state index is 13.0. The highest BCUT2D eigenvalue weighted by Gasteiger charge is 2.40. The van der Waals surface area contributed by atoms with E-state index in [1.165, 1.54) is 4.68 Å². The zero-order valence-corrected chi connectivity index (χ0v) is 13.1. The normalized spacial score (nSPS) is 13.8. The third kappa shape index (κ3) is 3.60. The zero-order chi connectivity index (χ0) is 17.2. The molecule has 0 saturated carbocycles. The first-order valence-electron chi connectivity index (χ1n) is 7.91. The third-order valence-corrected chi connectivity index (χ3v) is 4.15. The van der Waals surface area contributed by atoms with Gasteiger partial charge in [0.05, 0.1) is 0 Å². The van der Waals surface area contributed by atoms with Crippen molar-refractivity contribution >= 4 is 5.91 Å². The third-order valence-electron chi connectivity index (χ3n) is 4.15. The molecule has 7 heteroatoms. The first kappa shape index (κ1) is 16.5. The number of carbonyl (C=O) groups is 1. The summed E-state index contributed by atoms with van der Waals surface area (Å²) >= 11 is 0. The van der Waals surface area contributed by atoms with Gasteiger partial charge in [-0.05, 0) is 31.2 Å². The Labute approximate surface area is 137 Å². The van der Waals surface area contributed by atoms with Crippen LogP contribution < -0.4 is 5.32 Å². The van der Waals surface area contributed by atoms with E-state index in [-0.39, 0.29) is 18.0 Å². The highest BCUT2D eigenvalue weighted by molar-refractivity contribution is 5.75. The van der Waals surface area contributed by atoms with Crippen molar-refractivity contribution in [3.63, 3.8) is 0 Å². The van der Waals surface area contributed by atoms with Gasteiger partial charge in [0.15, 0.2) is 5.69 Å². The molecule has 1 aromatic heterocycles. The fraction of sp³-hybridized carbons (Fsp3) is 0.412. The fourth-order valence-corrected chi connectivity index (χ4v) is 3.05. The van der Waals surface area contributed by atoms with E-state index in [1.807, 2.05) is 30.3 Å². The van der Waals surface area contributed by atoms with Gasteiger partial charge in [-0.2, -0.15) is 18.3 Å². The molecule has 0 saturated heterocycles. The first-order chi connectivity index (χ1) is 11.4. The van der Waals surface area contributed by atoms with Crippen molar-refractivity contribution in [2.24, 2.45) is 0 Å². The van der Waals surface area contributed by atoms with Gasteiger partial charge < -0.3 is 5.32 Å². The Kier molecular flexibility index (Phi) is 4.59. The van der Waals surface area contributed by atoms with Crippen molar-refractivity contribution in [1.29, 1.82) is 0 Å². The van der Waals surface area contributed by atoms with Gasteiger partial charge in [-0.3, -0.25) is 9.48 Å². The molecule has 1 aliphatic rings. The predicted octanol–water partition coefficient (Wildman–Crippen LogP) is 2.75. The summed E-state index contributed by atoms with van der Waals surface area (Å²) in [6.07, 6.45) is -2.21. The van der Waals surface area contributed by atoms with Crippen LogP contribution in [0.5, 0.6) is 0 Å². The first-order valence-corrected chi connectivity index (χ1v) is 7.91. The average Bonchev–Trinajstić information content (AvgIpc) is 3.11. The molecule has 1 aliphatic carbocycles. The number of alkyl halides is 3. The molecule has 128 valence electrons. The van der Waals surface area contributed by atoms with Gasteiger partial charge >= 0.3 is 6.18 Å². The van der Waals surface area contributed by atoms with Crippen LogP contribution in [0.3, 0.4) is 0 Å². The van der Waals surface area contributed by atoms with Crippen molar-refractivity contribution in [2.45, 2.75) is 38.4 Å². The quantitative estimate of drug-likeness (QED) is 0.912. The lowest BCUT2D eigenvalue weighted by Gasteiger charge is -2.08. The Morgan fingerprint density at radius 1 is 1.21 bits per heavy atom. The van der Waals surface area contributed by atoms with Crippen LogP contribution in [-0.2, 0) is 36.8 Å². The van der Waals surface area contributed by atoms with Crippen LogP contribution in [0.15, 0.2) is 30.3 Å². The number of aromatic nitrogens is 2. The van der Waals surface area contributed by atoms with Crippen molar-refractivity contribution in [2.75, 3.05) is 6.54 Å². The number of hydrogen-bond donors (Lipinski definition) is 1. The topological polar surface area (TPSA) is 46.9 Å². The summed E-state index contributed by atoms with van der Waals surface area (Å²) in [6.45, 7) is 0.269. The Morgan fingerprint density at radius 3 is 2.67 bits per heavy atom. The molecule has 24 heavy (non-hydrogen) atoms. The van der Waals surface area contributed by atoms with E-state index >= 15 is 0 Å². The van der Waals surface area contributed by atoms with Crippen LogP contribution in [0.1, 0.15) is 28.9 Å². The molecule has 0 spiro atoms. The minimum Gasteiger partial charge on any atom is -0.354 e. The van der Waals surface area contributed by atoms with Gasteiger partial charge in [0.25, 0.3) is 0 Å². The van der Waals surface area contributed by atoms with E-state index in [1.54, 1.807) is 0 Å². The van der Waals surface area contributed by atoms with Crippen LogP contribution in [0.4, 0.5) is 13.2 Å². The number of fused-ring (bicyclic) bond motifs is 1. The molecule has 1 N–H and O–H groups in total. The number of amides is 1. The van der Waals surface area contributed by atoms with Crippen LogP contribution >= 0.6 is 0 Å². The Morgan fingerprint density at radius 2 is 1.96 bits per heavy atom. The van der Waals surface area contributed by atoms with Gasteiger partial charge in [0.2, 0.25) is 5.91 Å². The van der Waals surface area contributed by atoms with Crippen LogP contribution in [0.2, 0.25) is 0 Å². The molecular formula is C17H18F3N3O. The standard InChI is InChI=1S/C17H18F3N3O/c18-17(19,20)16-13-7-4-8-14(13)23(22-16)11-15(24)21-10-9-12-5-2-1-3-6-12/h1-3,5-6H,4,7-11H2,(H,21,24). The molecule has 0 aliphatic heterocycles. The number of halogens is 3. The highest BCUT2D eigenvalue weighted by atomic mass is 19.4. The summed E-state index contributed by atoms with van der Waals surface area (Å²) in [5.74, 6) is -0.322. The van der Waals surface area contributed by atoms with E-state index in [0.29, 0.717) is 37.9 Å². The average molecular weight is 337 g/mol. The monoisotopic (exact) mass is 337 g/mol. The zero-order valence-electron chi connectivity index (χ0n) is 13.1. The number of nitrogens with zero attached hydrogens (tertiary/aromatic N) is 2. The molecule has 1 aromatic carbocycles. The second-order valence-electron chi connectivity index (χ2n) is 5.87. The second kappa shape index (κ2) is 6.67. The van der Waals surface area contributed by atoms with Crippen molar-refractivity contribution < 1.29 is 18.0 Å². The summed E-state index contributed by atoms with van der Waals surface area (Å²) in [6, 6.07) is 9.68. The molecule has 1 amide bonds. The number of nitrogens with one attached hydrogen (secondary N) is 1. The molecule has 0 atom stereocenters. The summed E-state index contributed by atoms with van der Waals surface area (Å²) in [7, 11) is 0. The number of benzene rings is 1. The second-order valence-corrected chi connectivity index (χ2v) is 5.87.